The van der Waals surface area contributed by atoms with E-state index < -0.39 is 11.9 Å². The fourth-order valence-electron chi connectivity index (χ4n) is 3.90. The summed E-state index contributed by atoms with van der Waals surface area (Å²) < 4.78 is 5.23. The number of hydrogen-bond acceptors (Lipinski definition) is 6. The number of benzene rings is 1. The zero-order chi connectivity index (χ0) is 21.3. The Labute approximate surface area is 178 Å². The number of imide groups is 1. The molecule has 0 saturated carbocycles. The molecule has 2 aromatic rings. The largest absolute Gasteiger partial charge is 0.462 e. The third-order valence-corrected chi connectivity index (χ3v) is 6.50. The van der Waals surface area contributed by atoms with Crippen LogP contribution in [0.15, 0.2) is 24.3 Å². The first-order valence-electron chi connectivity index (χ1n) is 10.1. The molecular formula is C22H22N2O5S. The normalized spacial score (nSPS) is 15.8. The standard InChI is InChI=1S/C22H22N2O5S/c1-2-29-22(28)19-15-8-3-4-9-16(15)30-21(19)23-20(27)13-6-5-7-14(12-13)24-17(25)10-11-18(24)26/h5-7,12H,2-4,8-11H2,1H3,(H,23,27). The summed E-state index contributed by atoms with van der Waals surface area (Å²) in [5.41, 5.74) is 2.11. The van der Waals surface area contributed by atoms with E-state index in [1.165, 1.54) is 17.4 Å². The molecule has 7 nitrogen and oxygen atoms in total. The Morgan fingerprint density at radius 3 is 2.57 bits per heavy atom. The Balaban J connectivity index is 1.62. The van der Waals surface area contributed by atoms with Gasteiger partial charge in [-0.2, -0.15) is 0 Å². The molecule has 8 heteroatoms. The number of aryl methyl sites for hydroxylation is 1. The van der Waals surface area contributed by atoms with E-state index in [2.05, 4.69) is 5.32 Å². The van der Waals surface area contributed by atoms with E-state index in [9.17, 15) is 19.2 Å². The molecule has 30 heavy (non-hydrogen) atoms. The molecule has 2 heterocycles. The highest BCUT2D eigenvalue weighted by Gasteiger charge is 2.31. The molecule has 1 aromatic carbocycles. The van der Waals surface area contributed by atoms with Gasteiger partial charge in [0.25, 0.3) is 5.91 Å². The smallest absolute Gasteiger partial charge is 0.341 e. The fraction of sp³-hybridized carbons (Fsp3) is 0.364. The number of ether oxygens (including phenoxy) is 1. The molecule has 1 N–H and O–H groups in total. The Morgan fingerprint density at radius 2 is 1.83 bits per heavy atom. The first-order chi connectivity index (χ1) is 14.5. The summed E-state index contributed by atoms with van der Waals surface area (Å²) >= 11 is 1.42. The monoisotopic (exact) mass is 426 g/mol. The van der Waals surface area contributed by atoms with Crippen LogP contribution in [-0.2, 0) is 27.2 Å². The third kappa shape index (κ3) is 3.75. The van der Waals surface area contributed by atoms with Crippen LogP contribution < -0.4 is 10.2 Å². The number of nitrogens with one attached hydrogen (secondary N) is 1. The van der Waals surface area contributed by atoms with Gasteiger partial charge in [0.05, 0.1) is 17.9 Å². The molecule has 1 fully saturated rings. The Bertz CT molecular complexity index is 1030. The van der Waals surface area contributed by atoms with E-state index in [0.29, 0.717) is 21.8 Å². The highest BCUT2D eigenvalue weighted by molar-refractivity contribution is 7.17. The molecule has 1 saturated heterocycles. The molecule has 0 atom stereocenters. The lowest BCUT2D eigenvalue weighted by Crippen LogP contribution is -2.28. The van der Waals surface area contributed by atoms with Gasteiger partial charge in [-0.3, -0.25) is 19.3 Å². The van der Waals surface area contributed by atoms with Gasteiger partial charge in [0.2, 0.25) is 11.8 Å². The first kappa shape index (κ1) is 20.3. The number of carbonyl (C=O) groups excluding carboxylic acids is 4. The van der Waals surface area contributed by atoms with E-state index in [4.69, 9.17) is 4.74 Å². The highest BCUT2D eigenvalue weighted by atomic mass is 32.1. The van der Waals surface area contributed by atoms with Crippen molar-refractivity contribution in [3.8, 4) is 0 Å². The maximum atomic E-state index is 12.9. The SMILES string of the molecule is CCOC(=O)c1c(NC(=O)c2cccc(N3C(=O)CCC3=O)c2)sc2c1CCCC2. The lowest BCUT2D eigenvalue weighted by atomic mass is 9.95. The molecular weight excluding hydrogens is 404 g/mol. The summed E-state index contributed by atoms with van der Waals surface area (Å²) in [7, 11) is 0. The van der Waals surface area contributed by atoms with Crippen LogP contribution in [0.3, 0.4) is 0 Å². The van der Waals surface area contributed by atoms with Crippen molar-refractivity contribution in [2.75, 3.05) is 16.8 Å². The van der Waals surface area contributed by atoms with Gasteiger partial charge in [-0.25, -0.2) is 4.79 Å². The quantitative estimate of drug-likeness (QED) is 0.581. The van der Waals surface area contributed by atoms with Gasteiger partial charge in [0, 0.05) is 23.3 Å². The van der Waals surface area contributed by atoms with Gasteiger partial charge in [-0.15, -0.1) is 11.3 Å². The van der Waals surface area contributed by atoms with Crippen LogP contribution in [0.25, 0.3) is 0 Å². The number of hydrogen-bond donors (Lipinski definition) is 1. The van der Waals surface area contributed by atoms with Crippen LogP contribution in [-0.4, -0.2) is 30.3 Å². The summed E-state index contributed by atoms with van der Waals surface area (Å²) in [6.07, 6.45) is 4.10. The van der Waals surface area contributed by atoms with E-state index in [1.54, 1.807) is 25.1 Å². The minimum absolute atomic E-state index is 0.179. The van der Waals surface area contributed by atoms with Crippen LogP contribution in [0.2, 0.25) is 0 Å². The summed E-state index contributed by atoms with van der Waals surface area (Å²) in [5.74, 6) is -1.37. The van der Waals surface area contributed by atoms with Crippen molar-refractivity contribution in [2.24, 2.45) is 0 Å². The minimum Gasteiger partial charge on any atom is -0.462 e. The second kappa shape index (κ2) is 8.39. The van der Waals surface area contributed by atoms with Crippen LogP contribution in [0.5, 0.6) is 0 Å². The molecule has 156 valence electrons. The molecule has 0 spiro atoms. The number of anilines is 2. The Hall–Kier alpha value is -3.00. The number of carbonyl (C=O) groups is 4. The Morgan fingerprint density at radius 1 is 1.10 bits per heavy atom. The lowest BCUT2D eigenvalue weighted by Gasteiger charge is -2.15. The molecule has 3 amide bonds. The van der Waals surface area contributed by atoms with Gasteiger partial charge in [0.15, 0.2) is 0 Å². The molecule has 1 aromatic heterocycles. The van der Waals surface area contributed by atoms with Crippen molar-refractivity contribution in [1.29, 1.82) is 0 Å². The predicted octanol–water partition coefficient (Wildman–Crippen LogP) is 3.71. The van der Waals surface area contributed by atoms with Gasteiger partial charge in [-0.05, 0) is 56.4 Å². The van der Waals surface area contributed by atoms with Crippen LogP contribution in [0.1, 0.15) is 63.8 Å². The number of rotatable bonds is 5. The van der Waals surface area contributed by atoms with E-state index >= 15 is 0 Å². The number of nitrogens with zero attached hydrogens (tertiary/aromatic N) is 1. The molecule has 0 unspecified atom stereocenters. The van der Waals surface area contributed by atoms with Gasteiger partial charge < -0.3 is 10.1 Å². The molecule has 1 aliphatic carbocycles. The molecule has 0 bridgehead atoms. The summed E-state index contributed by atoms with van der Waals surface area (Å²) in [6, 6.07) is 6.40. The van der Waals surface area contributed by atoms with Crippen LogP contribution in [0.4, 0.5) is 10.7 Å². The zero-order valence-corrected chi connectivity index (χ0v) is 17.5. The highest BCUT2D eigenvalue weighted by Crippen LogP contribution is 2.39. The van der Waals surface area contributed by atoms with E-state index in [0.717, 1.165) is 41.0 Å². The maximum Gasteiger partial charge on any atom is 0.341 e. The van der Waals surface area contributed by atoms with Gasteiger partial charge in [0.1, 0.15) is 5.00 Å². The molecule has 2 aliphatic rings. The van der Waals surface area contributed by atoms with Crippen molar-refractivity contribution >= 4 is 45.7 Å². The second-order valence-corrected chi connectivity index (χ2v) is 8.37. The summed E-state index contributed by atoms with van der Waals surface area (Å²) in [6.45, 7) is 2.01. The summed E-state index contributed by atoms with van der Waals surface area (Å²) in [4.78, 5) is 51.8. The number of esters is 1. The molecule has 1 aliphatic heterocycles. The van der Waals surface area contributed by atoms with Crippen molar-refractivity contribution in [3.63, 3.8) is 0 Å². The van der Waals surface area contributed by atoms with E-state index in [1.807, 2.05) is 0 Å². The summed E-state index contributed by atoms with van der Waals surface area (Å²) in [5, 5.41) is 3.34. The second-order valence-electron chi connectivity index (χ2n) is 7.26. The van der Waals surface area contributed by atoms with Crippen LogP contribution >= 0.6 is 11.3 Å². The number of amides is 3. The van der Waals surface area contributed by atoms with Gasteiger partial charge >= 0.3 is 5.97 Å². The van der Waals surface area contributed by atoms with Crippen molar-refractivity contribution in [3.05, 3.63) is 45.8 Å². The molecule has 0 radical (unpaired) electrons. The van der Waals surface area contributed by atoms with Crippen LogP contribution in [0, 0.1) is 0 Å². The van der Waals surface area contributed by atoms with Gasteiger partial charge in [-0.1, -0.05) is 6.07 Å². The maximum absolute atomic E-state index is 12.9. The lowest BCUT2D eigenvalue weighted by molar-refractivity contribution is -0.121. The van der Waals surface area contributed by atoms with Crippen molar-refractivity contribution in [1.82, 2.24) is 0 Å². The third-order valence-electron chi connectivity index (χ3n) is 5.30. The fourth-order valence-corrected chi connectivity index (χ4v) is 5.17. The zero-order valence-electron chi connectivity index (χ0n) is 16.7. The average Bonchev–Trinajstić information content (AvgIpc) is 3.27. The topological polar surface area (TPSA) is 92.8 Å². The average molecular weight is 426 g/mol. The predicted molar refractivity (Wildman–Crippen MR) is 113 cm³/mol. The minimum atomic E-state index is -0.422. The van der Waals surface area contributed by atoms with E-state index in [-0.39, 0.29) is 31.3 Å². The number of fused-ring (bicyclic) bond motifs is 1. The number of thiophene rings is 1. The first-order valence-corrected chi connectivity index (χ1v) is 10.9. The molecule has 4 rings (SSSR count). The van der Waals surface area contributed by atoms with Crippen molar-refractivity contribution < 1.29 is 23.9 Å². The van der Waals surface area contributed by atoms with Crippen molar-refractivity contribution in [2.45, 2.75) is 45.4 Å². The Kier molecular flexibility index (Phi) is 5.67.